The lowest BCUT2D eigenvalue weighted by molar-refractivity contribution is -0.135. The van der Waals surface area contributed by atoms with Crippen molar-refractivity contribution in [1.29, 1.82) is 0 Å². The number of piperidine rings is 1. The molecule has 0 aromatic rings. The molecule has 17 heavy (non-hydrogen) atoms. The van der Waals surface area contributed by atoms with Gasteiger partial charge < -0.3 is 15.0 Å². The first-order valence-corrected chi connectivity index (χ1v) is 6.26. The number of amides is 1. The van der Waals surface area contributed by atoms with Crippen molar-refractivity contribution < 1.29 is 9.53 Å². The average Bonchev–Trinajstić information content (AvgIpc) is 2.88. The third kappa shape index (κ3) is 1.67. The monoisotopic (exact) mass is 234 g/mol. The average molecular weight is 234 g/mol. The highest BCUT2D eigenvalue weighted by Crippen LogP contribution is 2.41. The summed E-state index contributed by atoms with van der Waals surface area (Å²) >= 11 is 0. The normalized spacial score (nSPS) is 27.5. The lowest BCUT2D eigenvalue weighted by atomic mass is 9.78. The summed E-state index contributed by atoms with van der Waals surface area (Å²) in [6, 6.07) is 0. The molecule has 1 spiro atoms. The van der Waals surface area contributed by atoms with Gasteiger partial charge in [0, 0.05) is 12.6 Å². The highest BCUT2D eigenvalue weighted by atomic mass is 16.5. The van der Waals surface area contributed by atoms with Crippen LogP contribution in [0.5, 0.6) is 0 Å². The van der Waals surface area contributed by atoms with Gasteiger partial charge in [0.1, 0.15) is 12.4 Å². The van der Waals surface area contributed by atoms with Crippen molar-refractivity contribution in [3.63, 3.8) is 0 Å². The van der Waals surface area contributed by atoms with Gasteiger partial charge >= 0.3 is 0 Å². The zero-order chi connectivity index (χ0) is 11.9. The Kier molecular flexibility index (Phi) is 2.47. The Morgan fingerprint density at radius 1 is 1.35 bits per heavy atom. The summed E-state index contributed by atoms with van der Waals surface area (Å²) in [6.45, 7) is 7.01. The molecule has 0 aromatic carbocycles. The molecule has 3 heterocycles. The zero-order valence-electron chi connectivity index (χ0n) is 10.00. The van der Waals surface area contributed by atoms with Crippen LogP contribution >= 0.6 is 0 Å². The van der Waals surface area contributed by atoms with Crippen LogP contribution in [0.3, 0.4) is 0 Å². The summed E-state index contributed by atoms with van der Waals surface area (Å²) in [5, 5.41) is 3.32. The van der Waals surface area contributed by atoms with Gasteiger partial charge in [-0.1, -0.05) is 6.58 Å². The van der Waals surface area contributed by atoms with Crippen LogP contribution in [-0.2, 0) is 9.53 Å². The van der Waals surface area contributed by atoms with Crippen molar-refractivity contribution in [2.75, 3.05) is 26.2 Å². The van der Waals surface area contributed by atoms with Crippen molar-refractivity contribution in [3.05, 3.63) is 24.1 Å². The predicted molar refractivity (Wildman–Crippen MR) is 64.0 cm³/mol. The van der Waals surface area contributed by atoms with Crippen LogP contribution in [0, 0.1) is 5.41 Å². The number of hydrogen-bond acceptors (Lipinski definition) is 3. The van der Waals surface area contributed by atoms with Gasteiger partial charge in [0.05, 0.1) is 11.1 Å². The van der Waals surface area contributed by atoms with Gasteiger partial charge in [-0.2, -0.15) is 0 Å². The van der Waals surface area contributed by atoms with Crippen LogP contribution in [0.15, 0.2) is 24.1 Å². The van der Waals surface area contributed by atoms with Crippen molar-refractivity contribution >= 4 is 5.91 Å². The zero-order valence-corrected chi connectivity index (χ0v) is 10.00. The largest absolute Gasteiger partial charge is 0.488 e. The molecule has 0 aromatic heterocycles. The molecular weight excluding hydrogens is 216 g/mol. The summed E-state index contributed by atoms with van der Waals surface area (Å²) in [5.41, 5.74) is 0.881. The second-order valence-corrected chi connectivity index (χ2v) is 5.13. The minimum atomic E-state index is -0.101. The lowest BCUT2D eigenvalue weighted by Crippen LogP contribution is -2.42. The second-order valence-electron chi connectivity index (χ2n) is 5.13. The molecule has 2 fully saturated rings. The van der Waals surface area contributed by atoms with Crippen LogP contribution in [0.1, 0.15) is 19.3 Å². The van der Waals surface area contributed by atoms with Crippen LogP contribution < -0.4 is 5.32 Å². The van der Waals surface area contributed by atoms with E-state index in [-0.39, 0.29) is 5.41 Å². The van der Waals surface area contributed by atoms with E-state index in [0.29, 0.717) is 18.3 Å². The molecule has 4 nitrogen and oxygen atoms in total. The molecular formula is C13H18N2O2. The number of hydrogen-bond donors (Lipinski definition) is 1. The molecule has 1 N–H and O–H groups in total. The van der Waals surface area contributed by atoms with E-state index in [0.717, 1.165) is 44.6 Å². The second kappa shape index (κ2) is 3.88. The molecule has 3 rings (SSSR count). The van der Waals surface area contributed by atoms with Gasteiger partial charge in [0.25, 0.3) is 0 Å². The van der Waals surface area contributed by atoms with E-state index >= 15 is 0 Å². The third-order valence-corrected chi connectivity index (χ3v) is 4.15. The molecule has 4 heteroatoms. The lowest BCUT2D eigenvalue weighted by Gasteiger charge is -2.32. The van der Waals surface area contributed by atoms with Gasteiger partial charge in [-0.05, 0) is 32.4 Å². The number of nitrogens with zero attached hydrogens (tertiary/aromatic N) is 1. The van der Waals surface area contributed by atoms with E-state index in [2.05, 4.69) is 11.9 Å². The van der Waals surface area contributed by atoms with E-state index in [1.807, 2.05) is 11.0 Å². The first-order chi connectivity index (χ1) is 8.21. The summed E-state index contributed by atoms with van der Waals surface area (Å²) in [6.07, 6.45) is 4.81. The fraction of sp³-hybridized carbons (Fsp3) is 0.615. The Hall–Kier alpha value is -1.29. The minimum absolute atomic E-state index is 0.101. The topological polar surface area (TPSA) is 41.6 Å². The highest BCUT2D eigenvalue weighted by molar-refractivity contribution is 5.86. The maximum Gasteiger partial charge on any atom is 0.233 e. The molecule has 0 aliphatic carbocycles. The third-order valence-electron chi connectivity index (χ3n) is 4.15. The minimum Gasteiger partial charge on any atom is -0.488 e. The van der Waals surface area contributed by atoms with Gasteiger partial charge in [0.2, 0.25) is 5.91 Å². The Bertz CT molecular complexity index is 394. The number of ether oxygens (including phenoxy) is 1. The molecule has 2 saturated heterocycles. The molecule has 1 amide bonds. The quantitative estimate of drug-likeness (QED) is 0.736. The number of nitrogens with one attached hydrogen (secondary N) is 1. The molecule has 3 aliphatic heterocycles. The molecule has 0 unspecified atom stereocenters. The van der Waals surface area contributed by atoms with Crippen molar-refractivity contribution in [1.82, 2.24) is 10.2 Å². The fourth-order valence-corrected chi connectivity index (χ4v) is 3.06. The Labute approximate surface area is 101 Å². The van der Waals surface area contributed by atoms with E-state index in [9.17, 15) is 4.79 Å². The van der Waals surface area contributed by atoms with E-state index < -0.39 is 0 Å². The Morgan fingerprint density at radius 2 is 2.12 bits per heavy atom. The maximum atomic E-state index is 12.5. The highest BCUT2D eigenvalue weighted by Gasteiger charge is 2.48. The van der Waals surface area contributed by atoms with E-state index in [4.69, 9.17) is 4.74 Å². The van der Waals surface area contributed by atoms with Gasteiger partial charge in [-0.25, -0.2) is 0 Å². The first-order valence-electron chi connectivity index (χ1n) is 6.26. The molecule has 0 atom stereocenters. The summed E-state index contributed by atoms with van der Waals surface area (Å²) in [5.74, 6) is 0.961. The number of carbonyl (C=O) groups is 1. The van der Waals surface area contributed by atoms with Crippen LogP contribution in [-0.4, -0.2) is 37.0 Å². The van der Waals surface area contributed by atoms with Crippen LogP contribution in [0.2, 0.25) is 0 Å². The number of allylic oxidation sites excluding steroid dienone is 1. The van der Waals surface area contributed by atoms with Gasteiger partial charge in [-0.3, -0.25) is 4.79 Å². The standard InChI is InChI=1S/C13H18N2O2/c1-10-8-11(9-17-10)15-7-4-13(12(15)16)2-5-14-6-3-13/h8,14H,1-7,9H2. The van der Waals surface area contributed by atoms with Gasteiger partial charge in [-0.15, -0.1) is 0 Å². The number of likely N-dealkylation sites (tertiary alicyclic amines) is 1. The SMILES string of the molecule is C=C1C=C(N2CCC3(CCNCC3)C2=O)CO1. The summed E-state index contributed by atoms with van der Waals surface area (Å²) in [4.78, 5) is 14.5. The fourth-order valence-electron chi connectivity index (χ4n) is 3.06. The molecule has 92 valence electrons. The molecule has 0 saturated carbocycles. The number of carbonyl (C=O) groups excluding carboxylic acids is 1. The van der Waals surface area contributed by atoms with Crippen molar-refractivity contribution in [2.24, 2.45) is 5.41 Å². The molecule has 0 bridgehead atoms. The van der Waals surface area contributed by atoms with Gasteiger partial charge in [0.15, 0.2) is 0 Å². The molecule has 3 aliphatic rings. The van der Waals surface area contributed by atoms with Crippen LogP contribution in [0.25, 0.3) is 0 Å². The van der Waals surface area contributed by atoms with Crippen molar-refractivity contribution in [3.8, 4) is 0 Å². The van der Waals surface area contributed by atoms with E-state index in [1.165, 1.54) is 0 Å². The predicted octanol–water partition coefficient (Wildman–Crippen LogP) is 1.02. The Balaban J connectivity index is 1.80. The smallest absolute Gasteiger partial charge is 0.233 e. The Morgan fingerprint density at radius 3 is 2.76 bits per heavy atom. The van der Waals surface area contributed by atoms with Crippen LogP contribution in [0.4, 0.5) is 0 Å². The summed E-state index contributed by atoms with van der Waals surface area (Å²) < 4.78 is 5.31. The maximum absolute atomic E-state index is 12.5. The van der Waals surface area contributed by atoms with E-state index in [1.54, 1.807) is 0 Å². The first kappa shape index (κ1) is 10.8. The van der Waals surface area contributed by atoms with Crippen molar-refractivity contribution in [2.45, 2.75) is 19.3 Å². The molecule has 0 radical (unpaired) electrons. The number of rotatable bonds is 1. The summed E-state index contributed by atoms with van der Waals surface area (Å²) in [7, 11) is 0.